The molecule has 4 N–H and O–H groups in total. The van der Waals surface area contributed by atoms with Crippen LogP contribution in [0.1, 0.15) is 113 Å². The summed E-state index contributed by atoms with van der Waals surface area (Å²) in [6, 6.07) is 7.79. The molecule has 2 aromatic heterocycles. The average Bonchev–Trinajstić information content (AvgIpc) is 3.74. The predicted molar refractivity (Wildman–Crippen MR) is 264 cm³/mol. The molecule has 2 saturated heterocycles. The number of aromatic nitrogens is 4. The Morgan fingerprint density at radius 3 is 1.56 bits per heavy atom. The van der Waals surface area contributed by atoms with Crippen molar-refractivity contribution in [2.45, 2.75) is 117 Å². The van der Waals surface area contributed by atoms with Crippen molar-refractivity contribution in [1.29, 1.82) is 0 Å². The molecule has 0 bridgehead atoms. The number of benzene rings is 2. The van der Waals surface area contributed by atoms with Crippen molar-refractivity contribution >= 4 is 87.6 Å². The Balaban J connectivity index is 0.000000254. The third-order valence-corrected chi connectivity index (χ3v) is 11.8. The first kappa shape index (κ1) is 53.9. The zero-order valence-corrected chi connectivity index (χ0v) is 43.2. The highest BCUT2D eigenvalue weighted by Gasteiger charge is 2.33. The molecule has 0 saturated carbocycles. The first-order valence-electron chi connectivity index (χ1n) is 22.3. The lowest BCUT2D eigenvalue weighted by Gasteiger charge is -2.34. The number of hydrogen-bond donors (Lipinski definition) is 3. The second-order valence-corrected chi connectivity index (χ2v) is 20.0. The minimum atomic E-state index is -0.633. The maximum Gasteiger partial charge on any atom is 0.407 e. The van der Waals surface area contributed by atoms with Crippen LogP contribution in [0.5, 0.6) is 0 Å². The van der Waals surface area contributed by atoms with Crippen LogP contribution in [0.2, 0.25) is 10.0 Å². The Morgan fingerprint density at radius 2 is 1.13 bits per heavy atom. The number of alkyl carbamates (subject to hydrolysis) is 2. The van der Waals surface area contributed by atoms with E-state index in [0.29, 0.717) is 62.9 Å². The predicted octanol–water partition coefficient (Wildman–Crippen LogP) is 8.98. The first-order valence-corrected chi connectivity index (χ1v) is 24.1. The number of piperidine rings is 2. The summed E-state index contributed by atoms with van der Waals surface area (Å²) < 4.78 is 52.8. The smallest absolute Gasteiger partial charge is 0.407 e. The molecule has 2 atom stereocenters. The molecular formula is C46H60Cl2F2IN9O8. The van der Waals surface area contributed by atoms with Gasteiger partial charge in [0.15, 0.2) is 17.2 Å². The molecule has 0 spiro atoms. The molecule has 17 nitrogen and oxygen atoms in total. The second-order valence-electron chi connectivity index (χ2n) is 18.1. The Hall–Kier alpha value is -5.09. The minimum absolute atomic E-state index is 0.00296. The van der Waals surface area contributed by atoms with E-state index in [9.17, 15) is 28.0 Å². The first-order chi connectivity index (χ1) is 32.0. The van der Waals surface area contributed by atoms with Crippen LogP contribution < -0.4 is 26.2 Å². The van der Waals surface area contributed by atoms with Crippen molar-refractivity contribution in [3.05, 3.63) is 84.3 Å². The topological polar surface area (TPSA) is 197 Å². The van der Waals surface area contributed by atoms with Crippen molar-refractivity contribution in [2.75, 3.05) is 54.9 Å². The second kappa shape index (κ2) is 23.5. The Morgan fingerprint density at radius 1 is 0.721 bits per heavy atom. The molecule has 0 aliphatic carbocycles. The van der Waals surface area contributed by atoms with Gasteiger partial charge in [-0.2, -0.15) is 4.98 Å². The molecule has 4 heterocycles. The van der Waals surface area contributed by atoms with Crippen LogP contribution in [0.4, 0.5) is 36.1 Å². The molecule has 2 aromatic carbocycles. The molecule has 2 amide bonds. The fourth-order valence-corrected chi connectivity index (χ4v) is 8.72. The van der Waals surface area contributed by atoms with Crippen LogP contribution in [0, 0.1) is 15.3 Å². The van der Waals surface area contributed by atoms with Crippen molar-refractivity contribution in [2.24, 2.45) is 0 Å². The monoisotopic (exact) mass is 1100 g/mol. The third kappa shape index (κ3) is 15.0. The summed E-state index contributed by atoms with van der Waals surface area (Å²) in [6.07, 6.45) is 2.14. The number of imidazole rings is 2. The molecule has 22 heteroatoms. The van der Waals surface area contributed by atoms with Crippen LogP contribution in [-0.4, -0.2) is 106 Å². The molecule has 0 radical (unpaired) electrons. The number of anilines is 3. The summed E-state index contributed by atoms with van der Waals surface area (Å²) in [4.78, 5) is 63.1. The number of nitrogens with one attached hydrogen (secondary N) is 2. The standard InChI is InChI=1S/C23H29ClFIN4O4.C23H31ClFN5O4/c2*1-5-33-20(31)18-19(26)28-21(30(18)12-14-11-15(25)8-9-17(14)24)29-10-6-7-16(13-29)27-22(32)34-23(2,3)4/h8-9,11,16H,5-7,10,12-13H2,1-4H3,(H,27,32);8-9,11,16H,5-7,10,12-13,26H2,1-4H3,(H,27,32)/t2*16-/m11/s1. The average molecular weight is 1100 g/mol. The molecule has 4 aromatic rings. The van der Waals surface area contributed by atoms with E-state index in [4.69, 9.17) is 47.9 Å². The van der Waals surface area contributed by atoms with E-state index in [1.165, 1.54) is 36.4 Å². The molecule has 372 valence electrons. The minimum Gasteiger partial charge on any atom is -0.461 e. The SMILES string of the molecule is CCOC(=O)c1c(I)nc(N2CCC[C@@H](NC(=O)OC(C)(C)C)C2)n1Cc1cc(F)ccc1Cl.CCOC(=O)c1c(N)nc(N2CCC[C@@H](NC(=O)OC(C)(C)C)C2)n1Cc1cc(F)ccc1Cl. The van der Waals surface area contributed by atoms with Gasteiger partial charge in [0.25, 0.3) is 0 Å². The number of hydrogen-bond acceptors (Lipinski definition) is 13. The Bertz CT molecular complexity index is 2280. The molecule has 2 aliphatic rings. The molecule has 2 aliphatic heterocycles. The zero-order chi connectivity index (χ0) is 50.1. The number of esters is 2. The number of carbonyl (C=O) groups is 4. The maximum atomic E-state index is 13.9. The molecular weight excluding hydrogens is 1040 g/mol. The highest BCUT2D eigenvalue weighted by molar-refractivity contribution is 14.1. The highest BCUT2D eigenvalue weighted by atomic mass is 127. The van der Waals surface area contributed by atoms with E-state index in [0.717, 1.165) is 25.7 Å². The molecule has 0 unspecified atom stereocenters. The summed E-state index contributed by atoms with van der Waals surface area (Å²) in [5.74, 6) is -1.08. The largest absolute Gasteiger partial charge is 0.461 e. The Labute approximate surface area is 418 Å². The maximum absolute atomic E-state index is 13.9. The zero-order valence-electron chi connectivity index (χ0n) is 39.5. The third-order valence-electron chi connectivity index (χ3n) is 10.3. The van der Waals surface area contributed by atoms with Crippen molar-refractivity contribution in [1.82, 2.24) is 29.7 Å². The van der Waals surface area contributed by atoms with Gasteiger partial charge in [0.1, 0.15) is 26.5 Å². The van der Waals surface area contributed by atoms with Crippen molar-refractivity contribution in [3.63, 3.8) is 0 Å². The van der Waals surface area contributed by atoms with Gasteiger partial charge in [0.05, 0.1) is 26.3 Å². The van der Waals surface area contributed by atoms with E-state index in [-0.39, 0.29) is 55.6 Å². The van der Waals surface area contributed by atoms with Gasteiger partial charge in [0, 0.05) is 48.3 Å². The van der Waals surface area contributed by atoms with Crippen molar-refractivity contribution in [3.8, 4) is 0 Å². The van der Waals surface area contributed by atoms with Gasteiger partial charge < -0.3 is 45.1 Å². The van der Waals surface area contributed by atoms with Crippen molar-refractivity contribution < 1.29 is 46.9 Å². The van der Waals surface area contributed by atoms with Crippen LogP contribution >= 0.6 is 45.8 Å². The summed E-state index contributed by atoms with van der Waals surface area (Å²) in [7, 11) is 0. The van der Waals surface area contributed by atoms with Gasteiger partial charge >= 0.3 is 24.1 Å². The normalized spacial score (nSPS) is 16.3. The lowest BCUT2D eigenvalue weighted by molar-refractivity contribution is 0.0487. The number of ether oxygens (including phenoxy) is 4. The van der Waals surface area contributed by atoms with Crippen LogP contribution in [0.15, 0.2) is 36.4 Å². The molecule has 68 heavy (non-hydrogen) atoms. The summed E-state index contributed by atoms with van der Waals surface area (Å²) >= 11 is 14.6. The summed E-state index contributed by atoms with van der Waals surface area (Å²) in [6.45, 7) is 17.0. The number of nitrogen functional groups attached to an aromatic ring is 1. The summed E-state index contributed by atoms with van der Waals surface area (Å²) in [5, 5.41) is 6.54. The molecule has 6 rings (SSSR count). The van der Waals surface area contributed by atoms with Gasteiger partial charge in [0.2, 0.25) is 11.9 Å². The van der Waals surface area contributed by atoms with E-state index in [1.807, 2.05) is 53.2 Å². The number of nitrogens with zero attached hydrogens (tertiary/aromatic N) is 6. The highest BCUT2D eigenvalue weighted by Crippen LogP contribution is 2.31. The van der Waals surface area contributed by atoms with E-state index in [1.54, 1.807) is 43.8 Å². The quantitative estimate of drug-likeness (QED) is 0.0691. The summed E-state index contributed by atoms with van der Waals surface area (Å²) in [5.41, 5.74) is 6.25. The fraction of sp³-hybridized carbons (Fsp3) is 0.522. The van der Waals surface area contributed by atoms with Gasteiger partial charge in [-0.3, -0.25) is 9.13 Å². The van der Waals surface area contributed by atoms with Gasteiger partial charge in [-0.25, -0.2) is 32.9 Å². The van der Waals surface area contributed by atoms with E-state index >= 15 is 0 Å². The number of nitrogens with two attached hydrogens (primary N) is 1. The van der Waals surface area contributed by atoms with Crippen LogP contribution in [-0.2, 0) is 32.0 Å². The van der Waals surface area contributed by atoms with Gasteiger partial charge in [-0.05, 0) is 151 Å². The number of rotatable bonds is 12. The van der Waals surface area contributed by atoms with Crippen LogP contribution in [0.3, 0.4) is 0 Å². The lowest BCUT2D eigenvalue weighted by atomic mass is 10.1. The number of halogens is 5. The van der Waals surface area contributed by atoms with E-state index in [2.05, 4.69) is 20.6 Å². The Kier molecular flexibility index (Phi) is 18.6. The van der Waals surface area contributed by atoms with Gasteiger partial charge in [-0.15, -0.1) is 0 Å². The molecule has 2 fully saturated rings. The van der Waals surface area contributed by atoms with Gasteiger partial charge in [-0.1, -0.05) is 23.2 Å². The van der Waals surface area contributed by atoms with E-state index < -0.39 is 47.0 Å². The fourth-order valence-electron chi connectivity index (χ4n) is 7.63. The number of amides is 2. The number of carbonyl (C=O) groups excluding carboxylic acids is 4. The lowest BCUT2D eigenvalue weighted by Crippen LogP contribution is -2.49. The van der Waals surface area contributed by atoms with Crippen LogP contribution in [0.25, 0.3) is 0 Å².